The van der Waals surface area contributed by atoms with E-state index < -0.39 is 10.0 Å². The third kappa shape index (κ3) is 4.20. The minimum absolute atomic E-state index is 0.115. The van der Waals surface area contributed by atoms with Crippen LogP contribution < -0.4 is 5.56 Å². The lowest BCUT2D eigenvalue weighted by Crippen LogP contribution is -2.48. The SMILES string of the molecule is Cc1ccc2nc(CN3CCN(S(=O)(=O)c4cccc(Cl)c4)CC3)cc(=O)n2c1. The van der Waals surface area contributed by atoms with Crippen molar-refractivity contribution in [2.75, 3.05) is 26.2 Å². The summed E-state index contributed by atoms with van der Waals surface area (Å²) >= 11 is 5.94. The number of benzene rings is 1. The summed E-state index contributed by atoms with van der Waals surface area (Å²) in [7, 11) is -3.57. The van der Waals surface area contributed by atoms with Crippen molar-refractivity contribution in [2.45, 2.75) is 18.4 Å². The van der Waals surface area contributed by atoms with Gasteiger partial charge in [-0.05, 0) is 36.8 Å². The zero-order valence-corrected chi connectivity index (χ0v) is 17.5. The van der Waals surface area contributed by atoms with Crippen molar-refractivity contribution >= 4 is 27.3 Å². The van der Waals surface area contributed by atoms with Crippen LogP contribution in [0.1, 0.15) is 11.3 Å². The van der Waals surface area contributed by atoms with Gasteiger partial charge in [-0.3, -0.25) is 14.1 Å². The molecule has 0 N–H and O–H groups in total. The minimum atomic E-state index is -3.57. The summed E-state index contributed by atoms with van der Waals surface area (Å²) in [6.07, 6.45) is 1.77. The molecule has 1 aliphatic rings. The highest BCUT2D eigenvalue weighted by Gasteiger charge is 2.28. The molecule has 0 radical (unpaired) electrons. The predicted molar refractivity (Wildman–Crippen MR) is 112 cm³/mol. The Morgan fingerprint density at radius 1 is 1.07 bits per heavy atom. The van der Waals surface area contributed by atoms with Gasteiger partial charge in [0.15, 0.2) is 0 Å². The lowest BCUT2D eigenvalue weighted by atomic mass is 10.3. The molecule has 1 fully saturated rings. The number of piperazine rings is 1. The first-order chi connectivity index (χ1) is 13.8. The van der Waals surface area contributed by atoms with Crippen molar-refractivity contribution in [1.29, 1.82) is 0 Å². The number of sulfonamides is 1. The summed E-state index contributed by atoms with van der Waals surface area (Å²) in [5.74, 6) is 0. The van der Waals surface area contributed by atoms with Gasteiger partial charge in [-0.25, -0.2) is 13.4 Å². The Bertz CT molecular complexity index is 1220. The van der Waals surface area contributed by atoms with Crippen LogP contribution in [0.15, 0.2) is 58.4 Å². The van der Waals surface area contributed by atoms with E-state index in [0.29, 0.717) is 49.1 Å². The fraction of sp³-hybridized carbons (Fsp3) is 0.300. The van der Waals surface area contributed by atoms with Gasteiger partial charge in [0.25, 0.3) is 5.56 Å². The second kappa shape index (κ2) is 7.87. The molecule has 0 bridgehead atoms. The second-order valence-electron chi connectivity index (χ2n) is 7.16. The van der Waals surface area contributed by atoms with E-state index in [-0.39, 0.29) is 10.5 Å². The van der Waals surface area contributed by atoms with Crippen LogP contribution in [-0.4, -0.2) is 53.2 Å². The van der Waals surface area contributed by atoms with E-state index in [4.69, 9.17) is 11.6 Å². The quantitative estimate of drug-likeness (QED) is 0.631. The van der Waals surface area contributed by atoms with Crippen LogP contribution in [0, 0.1) is 6.92 Å². The molecule has 1 saturated heterocycles. The van der Waals surface area contributed by atoms with E-state index in [9.17, 15) is 13.2 Å². The van der Waals surface area contributed by atoms with Crippen molar-refractivity contribution < 1.29 is 8.42 Å². The monoisotopic (exact) mass is 432 g/mol. The van der Waals surface area contributed by atoms with Gasteiger partial charge >= 0.3 is 0 Å². The number of hydrogen-bond acceptors (Lipinski definition) is 5. The molecule has 3 aromatic rings. The number of halogens is 1. The van der Waals surface area contributed by atoms with Gasteiger partial charge in [0.1, 0.15) is 5.65 Å². The Kier molecular flexibility index (Phi) is 5.44. The highest BCUT2D eigenvalue weighted by Crippen LogP contribution is 2.21. The van der Waals surface area contributed by atoms with E-state index in [1.54, 1.807) is 30.5 Å². The molecule has 0 saturated carbocycles. The number of rotatable bonds is 4. The standard InChI is InChI=1S/C20H21ClN4O3S/c1-15-5-6-19-22-17(12-20(26)25(19)13-15)14-23-7-9-24(10-8-23)29(27,28)18-4-2-3-16(21)11-18/h2-6,11-13H,7-10,14H2,1H3. The topological polar surface area (TPSA) is 75.0 Å². The maximum atomic E-state index is 12.8. The Hall–Kier alpha value is -2.26. The first-order valence-corrected chi connectivity index (χ1v) is 11.1. The number of nitrogens with zero attached hydrogens (tertiary/aromatic N) is 4. The average molecular weight is 433 g/mol. The van der Waals surface area contributed by atoms with Crippen molar-refractivity contribution in [1.82, 2.24) is 18.6 Å². The number of hydrogen-bond donors (Lipinski definition) is 0. The predicted octanol–water partition coefficient (Wildman–Crippen LogP) is 2.16. The molecule has 152 valence electrons. The third-order valence-electron chi connectivity index (χ3n) is 5.01. The molecule has 1 aromatic carbocycles. The molecule has 0 amide bonds. The maximum absolute atomic E-state index is 12.8. The normalized spacial score (nSPS) is 16.3. The van der Waals surface area contributed by atoms with Crippen LogP contribution in [0.4, 0.5) is 0 Å². The molecule has 0 spiro atoms. The van der Waals surface area contributed by atoms with Crippen LogP contribution >= 0.6 is 11.6 Å². The summed E-state index contributed by atoms with van der Waals surface area (Å²) in [4.78, 5) is 19.3. The number of aromatic nitrogens is 2. The van der Waals surface area contributed by atoms with Gasteiger partial charge in [-0.2, -0.15) is 4.31 Å². The van der Waals surface area contributed by atoms with Crippen molar-refractivity contribution in [3.8, 4) is 0 Å². The largest absolute Gasteiger partial charge is 0.295 e. The second-order valence-corrected chi connectivity index (χ2v) is 9.53. The molecule has 2 aromatic heterocycles. The van der Waals surface area contributed by atoms with Gasteiger partial charge in [0.2, 0.25) is 10.0 Å². The number of aryl methyl sites for hydroxylation is 1. The third-order valence-corrected chi connectivity index (χ3v) is 7.14. The van der Waals surface area contributed by atoms with E-state index in [1.807, 2.05) is 19.1 Å². The van der Waals surface area contributed by atoms with Gasteiger partial charge in [0.05, 0.1) is 10.6 Å². The fourth-order valence-corrected chi connectivity index (χ4v) is 5.20. The smallest absolute Gasteiger partial charge is 0.258 e. The van der Waals surface area contributed by atoms with Crippen molar-refractivity contribution in [3.63, 3.8) is 0 Å². The molecule has 1 aliphatic heterocycles. The first kappa shape index (κ1) is 20.0. The maximum Gasteiger partial charge on any atom is 0.258 e. The zero-order chi connectivity index (χ0) is 20.6. The van der Waals surface area contributed by atoms with Crippen LogP contribution in [0.3, 0.4) is 0 Å². The molecule has 4 rings (SSSR count). The lowest BCUT2D eigenvalue weighted by molar-refractivity contribution is 0.180. The molecule has 0 atom stereocenters. The lowest BCUT2D eigenvalue weighted by Gasteiger charge is -2.33. The molecule has 0 unspecified atom stereocenters. The molecule has 29 heavy (non-hydrogen) atoms. The average Bonchev–Trinajstić information content (AvgIpc) is 2.69. The molecule has 0 aliphatic carbocycles. The number of pyridine rings is 1. The highest BCUT2D eigenvalue weighted by molar-refractivity contribution is 7.89. The Balaban J connectivity index is 1.46. The highest BCUT2D eigenvalue weighted by atomic mass is 35.5. The van der Waals surface area contributed by atoms with Gasteiger partial charge in [-0.1, -0.05) is 23.7 Å². The van der Waals surface area contributed by atoms with Crippen LogP contribution in [0.25, 0.3) is 5.65 Å². The van der Waals surface area contributed by atoms with E-state index in [1.165, 1.54) is 14.8 Å². The van der Waals surface area contributed by atoms with E-state index in [0.717, 1.165) is 5.56 Å². The summed E-state index contributed by atoms with van der Waals surface area (Å²) in [5, 5.41) is 0.397. The zero-order valence-electron chi connectivity index (χ0n) is 16.0. The molecular formula is C20H21ClN4O3S. The van der Waals surface area contributed by atoms with Crippen molar-refractivity contribution in [2.24, 2.45) is 0 Å². The van der Waals surface area contributed by atoms with E-state index >= 15 is 0 Å². The molecule has 3 heterocycles. The molecular weight excluding hydrogens is 412 g/mol. The number of fused-ring (bicyclic) bond motifs is 1. The molecule has 7 nitrogen and oxygen atoms in total. The van der Waals surface area contributed by atoms with Crippen molar-refractivity contribution in [3.05, 3.63) is 75.3 Å². The first-order valence-electron chi connectivity index (χ1n) is 9.30. The van der Waals surface area contributed by atoms with Crippen LogP contribution in [0.2, 0.25) is 5.02 Å². The van der Waals surface area contributed by atoms with Gasteiger partial charge in [0, 0.05) is 50.0 Å². The minimum Gasteiger partial charge on any atom is -0.295 e. The van der Waals surface area contributed by atoms with Gasteiger partial charge < -0.3 is 0 Å². The van der Waals surface area contributed by atoms with E-state index in [2.05, 4.69) is 9.88 Å². The fourth-order valence-electron chi connectivity index (χ4n) is 3.47. The Morgan fingerprint density at radius 2 is 1.83 bits per heavy atom. The summed E-state index contributed by atoms with van der Waals surface area (Å²) < 4.78 is 28.6. The molecule has 9 heteroatoms. The Labute approximate surface area is 174 Å². The summed E-state index contributed by atoms with van der Waals surface area (Å²) in [6, 6.07) is 11.6. The summed E-state index contributed by atoms with van der Waals surface area (Å²) in [5.41, 5.74) is 2.17. The van der Waals surface area contributed by atoms with Crippen LogP contribution in [-0.2, 0) is 16.6 Å². The Morgan fingerprint density at radius 3 is 2.55 bits per heavy atom. The van der Waals surface area contributed by atoms with Gasteiger partial charge in [-0.15, -0.1) is 0 Å². The summed E-state index contributed by atoms with van der Waals surface area (Å²) in [6.45, 7) is 4.31. The van der Waals surface area contributed by atoms with Crippen LogP contribution in [0.5, 0.6) is 0 Å².